The zero-order chi connectivity index (χ0) is 14.1. The van der Waals surface area contributed by atoms with E-state index in [0.29, 0.717) is 6.04 Å². The van der Waals surface area contributed by atoms with Gasteiger partial charge in [0.1, 0.15) is 6.04 Å². The van der Waals surface area contributed by atoms with E-state index >= 15 is 0 Å². The van der Waals surface area contributed by atoms with Crippen LogP contribution in [0.2, 0.25) is 0 Å². The van der Waals surface area contributed by atoms with Gasteiger partial charge in [-0.3, -0.25) is 4.90 Å². The first-order valence-corrected chi connectivity index (χ1v) is 7.67. The Morgan fingerprint density at radius 1 is 1.10 bits per heavy atom. The molecule has 1 saturated carbocycles. The Bertz CT molecular complexity index is 397. The Kier molecular flexibility index (Phi) is 3.83. The summed E-state index contributed by atoms with van der Waals surface area (Å²) >= 11 is 0. The fourth-order valence-electron chi connectivity index (χ4n) is 3.43. The first-order chi connectivity index (χ1) is 9.65. The SMILES string of the molecule is O=C(O)C(NC(=O)N1CCCN2CCCC2C1)C1CC1. The van der Waals surface area contributed by atoms with Crippen LogP contribution >= 0.6 is 0 Å². The molecule has 2 aliphatic heterocycles. The average molecular weight is 281 g/mol. The number of aliphatic carboxylic acids is 1. The second kappa shape index (κ2) is 5.60. The highest BCUT2D eigenvalue weighted by Crippen LogP contribution is 2.33. The molecular formula is C14H23N3O3. The van der Waals surface area contributed by atoms with Gasteiger partial charge in [0.25, 0.3) is 0 Å². The van der Waals surface area contributed by atoms with E-state index < -0.39 is 12.0 Å². The van der Waals surface area contributed by atoms with Gasteiger partial charge < -0.3 is 15.3 Å². The molecular weight excluding hydrogens is 258 g/mol. The summed E-state index contributed by atoms with van der Waals surface area (Å²) < 4.78 is 0. The van der Waals surface area contributed by atoms with E-state index in [1.165, 1.54) is 6.42 Å². The predicted molar refractivity (Wildman–Crippen MR) is 73.5 cm³/mol. The molecule has 3 aliphatic rings. The number of carbonyl (C=O) groups is 2. The summed E-state index contributed by atoms with van der Waals surface area (Å²) in [6, 6.07) is -0.434. The van der Waals surface area contributed by atoms with Crippen molar-refractivity contribution >= 4 is 12.0 Å². The molecule has 2 heterocycles. The minimum absolute atomic E-state index is 0.131. The minimum atomic E-state index is -0.904. The number of rotatable bonds is 3. The number of nitrogens with one attached hydrogen (secondary N) is 1. The number of urea groups is 1. The third-order valence-corrected chi connectivity index (χ3v) is 4.73. The molecule has 2 atom stereocenters. The molecule has 1 aliphatic carbocycles. The van der Waals surface area contributed by atoms with Gasteiger partial charge in [-0.2, -0.15) is 0 Å². The predicted octanol–water partition coefficient (Wildman–Crippen LogP) is 0.729. The van der Waals surface area contributed by atoms with Gasteiger partial charge in [-0.15, -0.1) is 0 Å². The highest BCUT2D eigenvalue weighted by molar-refractivity contribution is 5.83. The fourth-order valence-corrected chi connectivity index (χ4v) is 3.43. The van der Waals surface area contributed by atoms with Crippen molar-refractivity contribution < 1.29 is 14.7 Å². The van der Waals surface area contributed by atoms with Gasteiger partial charge in [-0.1, -0.05) is 0 Å². The van der Waals surface area contributed by atoms with Crippen LogP contribution in [0.4, 0.5) is 4.79 Å². The number of carboxylic acid groups (broad SMARTS) is 1. The molecule has 6 heteroatoms. The van der Waals surface area contributed by atoms with E-state index in [1.807, 2.05) is 4.90 Å². The average Bonchev–Trinajstić information content (AvgIpc) is 3.19. The Balaban J connectivity index is 1.59. The molecule has 0 aromatic heterocycles. The molecule has 6 nitrogen and oxygen atoms in total. The van der Waals surface area contributed by atoms with Crippen LogP contribution in [-0.4, -0.2) is 65.2 Å². The van der Waals surface area contributed by atoms with Crippen molar-refractivity contribution in [2.45, 2.75) is 44.2 Å². The first-order valence-electron chi connectivity index (χ1n) is 7.67. The normalized spacial score (nSPS) is 28.6. The van der Waals surface area contributed by atoms with E-state index in [0.717, 1.165) is 51.9 Å². The number of hydrogen-bond acceptors (Lipinski definition) is 3. The first kappa shape index (κ1) is 13.7. The maximum Gasteiger partial charge on any atom is 0.326 e. The molecule has 0 aromatic carbocycles. The van der Waals surface area contributed by atoms with Crippen LogP contribution in [0.25, 0.3) is 0 Å². The Morgan fingerprint density at radius 2 is 1.85 bits per heavy atom. The third kappa shape index (κ3) is 2.90. The Hall–Kier alpha value is -1.30. The summed E-state index contributed by atoms with van der Waals surface area (Å²) in [6.45, 7) is 3.66. The van der Waals surface area contributed by atoms with Crippen LogP contribution in [-0.2, 0) is 4.79 Å². The van der Waals surface area contributed by atoms with Crippen molar-refractivity contribution in [2.24, 2.45) is 5.92 Å². The molecule has 2 unspecified atom stereocenters. The fraction of sp³-hybridized carbons (Fsp3) is 0.857. The minimum Gasteiger partial charge on any atom is -0.480 e. The monoisotopic (exact) mass is 281 g/mol. The summed E-state index contributed by atoms with van der Waals surface area (Å²) in [6.07, 6.45) is 5.15. The Labute approximate surface area is 119 Å². The maximum absolute atomic E-state index is 12.3. The third-order valence-electron chi connectivity index (χ3n) is 4.73. The lowest BCUT2D eigenvalue weighted by atomic mass is 10.2. The Morgan fingerprint density at radius 3 is 2.55 bits per heavy atom. The van der Waals surface area contributed by atoms with Crippen molar-refractivity contribution in [2.75, 3.05) is 26.2 Å². The molecule has 20 heavy (non-hydrogen) atoms. The van der Waals surface area contributed by atoms with Gasteiger partial charge in [0.05, 0.1) is 0 Å². The van der Waals surface area contributed by atoms with E-state index in [9.17, 15) is 14.7 Å². The zero-order valence-electron chi connectivity index (χ0n) is 11.8. The smallest absolute Gasteiger partial charge is 0.326 e. The van der Waals surface area contributed by atoms with Crippen LogP contribution in [0.15, 0.2) is 0 Å². The summed E-state index contributed by atoms with van der Waals surface area (Å²) in [5.41, 5.74) is 0. The second-order valence-electron chi connectivity index (χ2n) is 6.23. The molecule has 112 valence electrons. The van der Waals surface area contributed by atoms with Crippen molar-refractivity contribution in [1.82, 2.24) is 15.1 Å². The number of nitrogens with zero attached hydrogens (tertiary/aromatic N) is 2. The largest absolute Gasteiger partial charge is 0.480 e. The molecule has 3 rings (SSSR count). The molecule has 0 aromatic rings. The molecule has 2 amide bonds. The maximum atomic E-state index is 12.3. The number of hydrogen-bond donors (Lipinski definition) is 2. The number of carboxylic acids is 1. The lowest BCUT2D eigenvalue weighted by Gasteiger charge is -2.27. The van der Waals surface area contributed by atoms with Gasteiger partial charge in [-0.05, 0) is 44.6 Å². The highest BCUT2D eigenvalue weighted by atomic mass is 16.4. The lowest BCUT2D eigenvalue weighted by Crippen LogP contribution is -2.50. The summed E-state index contributed by atoms with van der Waals surface area (Å²) in [5, 5.41) is 11.9. The van der Waals surface area contributed by atoms with Crippen LogP contribution in [0.1, 0.15) is 32.1 Å². The van der Waals surface area contributed by atoms with Crippen LogP contribution in [0.5, 0.6) is 0 Å². The summed E-state index contributed by atoms with van der Waals surface area (Å²) in [7, 11) is 0. The van der Waals surface area contributed by atoms with E-state index in [1.54, 1.807) is 0 Å². The van der Waals surface area contributed by atoms with Gasteiger partial charge >= 0.3 is 12.0 Å². The van der Waals surface area contributed by atoms with E-state index in [4.69, 9.17) is 0 Å². The summed E-state index contributed by atoms with van der Waals surface area (Å²) in [5.74, 6) is -0.774. The van der Waals surface area contributed by atoms with Crippen LogP contribution in [0.3, 0.4) is 0 Å². The molecule has 0 radical (unpaired) electrons. The van der Waals surface area contributed by atoms with E-state index in [2.05, 4.69) is 10.2 Å². The zero-order valence-corrected chi connectivity index (χ0v) is 11.8. The van der Waals surface area contributed by atoms with Gasteiger partial charge in [0.2, 0.25) is 0 Å². The van der Waals surface area contributed by atoms with Crippen molar-refractivity contribution in [3.8, 4) is 0 Å². The number of fused-ring (bicyclic) bond motifs is 1. The number of carbonyl (C=O) groups excluding carboxylic acids is 1. The van der Waals surface area contributed by atoms with E-state index in [-0.39, 0.29) is 11.9 Å². The van der Waals surface area contributed by atoms with Gasteiger partial charge in [-0.25, -0.2) is 9.59 Å². The number of amides is 2. The molecule has 0 spiro atoms. The molecule has 0 bridgehead atoms. The highest BCUT2D eigenvalue weighted by Gasteiger charge is 2.39. The quantitative estimate of drug-likeness (QED) is 0.800. The molecule has 3 fully saturated rings. The van der Waals surface area contributed by atoms with Crippen LogP contribution < -0.4 is 5.32 Å². The summed E-state index contributed by atoms with van der Waals surface area (Å²) in [4.78, 5) is 27.8. The van der Waals surface area contributed by atoms with Gasteiger partial charge in [0.15, 0.2) is 0 Å². The van der Waals surface area contributed by atoms with Crippen molar-refractivity contribution in [1.29, 1.82) is 0 Å². The second-order valence-corrected chi connectivity index (χ2v) is 6.23. The van der Waals surface area contributed by atoms with Crippen molar-refractivity contribution in [3.63, 3.8) is 0 Å². The topological polar surface area (TPSA) is 72.9 Å². The standard InChI is InChI=1S/C14H23N3O3/c18-13(19)12(10-4-5-10)15-14(20)17-8-2-7-16-6-1-3-11(16)9-17/h10-12H,1-9H2,(H,15,20)(H,18,19). The lowest BCUT2D eigenvalue weighted by molar-refractivity contribution is -0.139. The van der Waals surface area contributed by atoms with Crippen molar-refractivity contribution in [3.05, 3.63) is 0 Å². The molecule has 2 N–H and O–H groups in total. The molecule has 2 saturated heterocycles. The van der Waals surface area contributed by atoms with Gasteiger partial charge in [0, 0.05) is 25.7 Å². The van der Waals surface area contributed by atoms with Crippen LogP contribution in [0, 0.1) is 5.92 Å².